The number of benzene rings is 2. The van der Waals surface area contributed by atoms with E-state index in [1.165, 1.54) is 28.8 Å². The molecule has 1 fully saturated rings. The summed E-state index contributed by atoms with van der Waals surface area (Å²) in [4.78, 5) is 22.0. The molecule has 1 amide bonds. The van der Waals surface area contributed by atoms with Crippen LogP contribution >= 0.6 is 0 Å². The van der Waals surface area contributed by atoms with Gasteiger partial charge < -0.3 is 15.4 Å². The number of rotatable bonds is 6. The molecule has 7 heteroatoms. The van der Waals surface area contributed by atoms with Crippen LogP contribution in [0.5, 0.6) is 0 Å². The number of nitrogen functional groups attached to an aromatic ring is 1. The number of nitrogens with two attached hydrogens (primary N) is 1. The van der Waals surface area contributed by atoms with E-state index in [9.17, 15) is 9.18 Å². The molecule has 2 aliphatic heterocycles. The molecule has 2 N–H and O–H groups in total. The van der Waals surface area contributed by atoms with Gasteiger partial charge in [0, 0.05) is 45.4 Å². The largest absolute Gasteiger partial charge is 0.397 e. The van der Waals surface area contributed by atoms with Crippen LogP contribution in [0.25, 0.3) is 11.3 Å². The van der Waals surface area contributed by atoms with Gasteiger partial charge in [0.1, 0.15) is 5.82 Å². The smallest absolute Gasteiger partial charge is 0.229 e. The standard InChI is InChI=1S/C27H29FN4O2/c1-34-23-10-11-31(17-23)14-18-2-3-20-15-32(16-21(20)12-18)27(33)13-26-24(29)8-9-25(30-26)19-4-6-22(28)7-5-19/h2-9,12,23H,10-11,13-17,29H2,1H3. The Bertz CT molecular complexity index is 1200. The minimum atomic E-state index is -0.300. The lowest BCUT2D eigenvalue weighted by Gasteiger charge is -2.16. The van der Waals surface area contributed by atoms with E-state index in [2.05, 4.69) is 28.1 Å². The van der Waals surface area contributed by atoms with Gasteiger partial charge in [0.2, 0.25) is 5.91 Å². The number of likely N-dealkylation sites (tertiary alicyclic amines) is 1. The van der Waals surface area contributed by atoms with E-state index in [1.807, 2.05) is 4.90 Å². The third-order valence-electron chi connectivity index (χ3n) is 6.78. The summed E-state index contributed by atoms with van der Waals surface area (Å²) in [7, 11) is 1.78. The minimum Gasteiger partial charge on any atom is -0.397 e. The Balaban J connectivity index is 1.25. The first-order chi connectivity index (χ1) is 16.5. The van der Waals surface area contributed by atoms with Gasteiger partial charge in [-0.05, 0) is 59.5 Å². The normalized spacial score (nSPS) is 17.8. The second-order valence-corrected chi connectivity index (χ2v) is 9.15. The Morgan fingerprint density at radius 1 is 1.12 bits per heavy atom. The summed E-state index contributed by atoms with van der Waals surface area (Å²) in [6, 6.07) is 16.2. The number of fused-ring (bicyclic) bond motifs is 1. The Hall–Kier alpha value is -3.29. The summed E-state index contributed by atoms with van der Waals surface area (Å²) in [5, 5.41) is 0. The van der Waals surface area contributed by atoms with Crippen LogP contribution in [0, 0.1) is 5.82 Å². The highest BCUT2D eigenvalue weighted by atomic mass is 19.1. The van der Waals surface area contributed by atoms with Crippen molar-refractivity contribution in [2.45, 2.75) is 38.6 Å². The van der Waals surface area contributed by atoms with E-state index < -0.39 is 0 Å². The van der Waals surface area contributed by atoms with Gasteiger partial charge in [-0.25, -0.2) is 4.39 Å². The van der Waals surface area contributed by atoms with Crippen molar-refractivity contribution in [1.29, 1.82) is 0 Å². The quantitative estimate of drug-likeness (QED) is 0.606. The molecule has 3 aromatic rings. The van der Waals surface area contributed by atoms with Gasteiger partial charge in [-0.2, -0.15) is 0 Å². The van der Waals surface area contributed by atoms with E-state index >= 15 is 0 Å². The molecule has 34 heavy (non-hydrogen) atoms. The number of hydrogen-bond acceptors (Lipinski definition) is 5. The molecule has 2 aliphatic rings. The molecule has 6 nitrogen and oxygen atoms in total. The Morgan fingerprint density at radius 2 is 1.91 bits per heavy atom. The number of nitrogens with zero attached hydrogens (tertiary/aromatic N) is 3. The Morgan fingerprint density at radius 3 is 2.68 bits per heavy atom. The van der Waals surface area contributed by atoms with Crippen molar-refractivity contribution in [2.24, 2.45) is 0 Å². The maximum Gasteiger partial charge on any atom is 0.229 e. The summed E-state index contributed by atoms with van der Waals surface area (Å²) in [6.45, 7) is 4.11. The van der Waals surface area contributed by atoms with Crippen molar-refractivity contribution in [1.82, 2.24) is 14.8 Å². The lowest BCUT2D eigenvalue weighted by molar-refractivity contribution is -0.131. The molecular weight excluding hydrogens is 431 g/mol. The monoisotopic (exact) mass is 460 g/mol. The molecule has 0 bridgehead atoms. The zero-order chi connectivity index (χ0) is 23.7. The predicted octanol–water partition coefficient (Wildman–Crippen LogP) is 3.78. The number of methoxy groups -OCH3 is 1. The molecule has 0 spiro atoms. The summed E-state index contributed by atoms with van der Waals surface area (Å²) in [5.41, 5.74) is 12.3. The molecule has 1 aromatic heterocycles. The maximum absolute atomic E-state index is 13.3. The number of halogens is 1. The first-order valence-corrected chi connectivity index (χ1v) is 11.6. The van der Waals surface area contributed by atoms with Crippen molar-refractivity contribution in [3.05, 3.63) is 82.8 Å². The lowest BCUT2D eigenvalue weighted by atomic mass is 10.1. The van der Waals surface area contributed by atoms with Gasteiger partial charge in [-0.1, -0.05) is 18.2 Å². The minimum absolute atomic E-state index is 0.00400. The van der Waals surface area contributed by atoms with Crippen molar-refractivity contribution in [2.75, 3.05) is 25.9 Å². The average molecular weight is 461 g/mol. The van der Waals surface area contributed by atoms with E-state index in [0.29, 0.717) is 36.3 Å². The number of pyridine rings is 1. The Labute approximate surface area is 199 Å². The van der Waals surface area contributed by atoms with Gasteiger partial charge >= 0.3 is 0 Å². The molecule has 176 valence electrons. The summed E-state index contributed by atoms with van der Waals surface area (Å²) >= 11 is 0. The third kappa shape index (κ3) is 4.81. The number of aromatic nitrogens is 1. The lowest BCUT2D eigenvalue weighted by Crippen LogP contribution is -2.27. The molecule has 0 saturated carbocycles. The van der Waals surface area contributed by atoms with Crippen LogP contribution in [0.3, 0.4) is 0 Å². The van der Waals surface area contributed by atoms with E-state index in [0.717, 1.165) is 31.6 Å². The Kier molecular flexibility index (Phi) is 6.30. The fraction of sp³-hybridized carbons (Fsp3) is 0.333. The molecule has 1 atom stereocenters. The topological polar surface area (TPSA) is 71.7 Å². The number of carbonyl (C=O) groups excluding carboxylic acids is 1. The average Bonchev–Trinajstić information content (AvgIpc) is 3.47. The zero-order valence-corrected chi connectivity index (χ0v) is 19.3. The summed E-state index contributed by atoms with van der Waals surface area (Å²) in [5.74, 6) is -0.304. The highest BCUT2D eigenvalue weighted by molar-refractivity contribution is 5.81. The van der Waals surface area contributed by atoms with Crippen molar-refractivity contribution in [3.63, 3.8) is 0 Å². The van der Waals surface area contributed by atoms with Gasteiger partial charge in [0.15, 0.2) is 0 Å². The first-order valence-electron chi connectivity index (χ1n) is 11.6. The molecule has 0 aliphatic carbocycles. The molecule has 3 heterocycles. The van der Waals surface area contributed by atoms with E-state index in [1.54, 1.807) is 31.4 Å². The molecular formula is C27H29FN4O2. The number of anilines is 1. The fourth-order valence-electron chi connectivity index (χ4n) is 4.80. The van der Waals surface area contributed by atoms with Crippen molar-refractivity contribution in [3.8, 4) is 11.3 Å². The summed E-state index contributed by atoms with van der Waals surface area (Å²) < 4.78 is 18.7. The van der Waals surface area contributed by atoms with Crippen LogP contribution < -0.4 is 5.73 Å². The van der Waals surface area contributed by atoms with Crippen molar-refractivity contribution < 1.29 is 13.9 Å². The molecule has 5 rings (SSSR count). The van der Waals surface area contributed by atoms with Gasteiger partial charge in [-0.15, -0.1) is 0 Å². The fourth-order valence-corrected chi connectivity index (χ4v) is 4.80. The molecule has 2 aromatic carbocycles. The van der Waals surface area contributed by atoms with Gasteiger partial charge in [-0.3, -0.25) is 14.7 Å². The van der Waals surface area contributed by atoms with Crippen LogP contribution in [-0.2, 0) is 35.6 Å². The third-order valence-corrected chi connectivity index (χ3v) is 6.78. The van der Waals surface area contributed by atoms with Gasteiger partial charge in [0.05, 0.1) is 29.6 Å². The number of amides is 1. The van der Waals surface area contributed by atoms with Crippen LogP contribution in [0.15, 0.2) is 54.6 Å². The number of hydrogen-bond donors (Lipinski definition) is 1. The summed E-state index contributed by atoms with van der Waals surface area (Å²) in [6.07, 6.45) is 1.53. The molecule has 1 saturated heterocycles. The van der Waals surface area contributed by atoms with Crippen molar-refractivity contribution >= 4 is 11.6 Å². The van der Waals surface area contributed by atoms with Crippen LogP contribution in [-0.4, -0.2) is 47.0 Å². The second-order valence-electron chi connectivity index (χ2n) is 9.15. The number of ether oxygens (including phenoxy) is 1. The van der Waals surface area contributed by atoms with Gasteiger partial charge in [0.25, 0.3) is 0 Å². The first kappa shape index (κ1) is 22.5. The van der Waals surface area contributed by atoms with Crippen LogP contribution in [0.2, 0.25) is 0 Å². The second kappa shape index (κ2) is 9.52. The van der Waals surface area contributed by atoms with Crippen LogP contribution in [0.1, 0.15) is 28.8 Å². The highest BCUT2D eigenvalue weighted by Crippen LogP contribution is 2.27. The van der Waals surface area contributed by atoms with E-state index in [-0.39, 0.29) is 18.1 Å². The van der Waals surface area contributed by atoms with E-state index in [4.69, 9.17) is 10.5 Å². The van der Waals surface area contributed by atoms with Crippen LogP contribution in [0.4, 0.5) is 10.1 Å². The number of carbonyl (C=O) groups is 1. The predicted molar refractivity (Wildman–Crippen MR) is 129 cm³/mol. The maximum atomic E-state index is 13.3. The highest BCUT2D eigenvalue weighted by Gasteiger charge is 2.26. The SMILES string of the molecule is COC1CCN(Cc2ccc3c(c2)CN(C(=O)Cc2nc(-c4ccc(F)cc4)ccc2N)C3)C1. The molecule has 0 radical (unpaired) electrons. The molecule has 1 unspecified atom stereocenters. The zero-order valence-electron chi connectivity index (χ0n) is 19.3.